The maximum absolute atomic E-state index is 13.0. The van der Waals surface area contributed by atoms with E-state index in [4.69, 9.17) is 11.5 Å². The van der Waals surface area contributed by atoms with Crippen molar-refractivity contribution in [3.63, 3.8) is 0 Å². The van der Waals surface area contributed by atoms with Gasteiger partial charge in [0.2, 0.25) is 23.6 Å². The van der Waals surface area contributed by atoms with E-state index in [-0.39, 0.29) is 18.8 Å². The lowest BCUT2D eigenvalue weighted by Crippen LogP contribution is -2.58. The lowest BCUT2D eigenvalue weighted by atomic mass is 10.0. The molecule has 0 aliphatic carbocycles. The molecule has 0 bridgehead atoms. The number of carboxylic acid groups (broad SMARTS) is 1. The first-order valence-corrected chi connectivity index (χ1v) is 11.6. The van der Waals surface area contributed by atoms with E-state index < -0.39 is 53.8 Å². The molecule has 1 fully saturated rings. The number of likely N-dealkylation sites (tertiary alicyclic amines) is 1. The Morgan fingerprint density at radius 3 is 2.32 bits per heavy atom. The first-order chi connectivity index (χ1) is 14.5. The number of rotatable bonds is 12. The van der Waals surface area contributed by atoms with Gasteiger partial charge in [-0.1, -0.05) is 13.8 Å². The van der Waals surface area contributed by atoms with Gasteiger partial charge in [0.25, 0.3) is 0 Å². The molecule has 0 aromatic carbocycles. The van der Waals surface area contributed by atoms with Crippen molar-refractivity contribution in [2.75, 3.05) is 18.6 Å². The highest BCUT2D eigenvalue weighted by molar-refractivity contribution is 7.98. The van der Waals surface area contributed by atoms with Crippen molar-refractivity contribution in [1.29, 1.82) is 0 Å². The molecular weight excluding hydrogens is 426 g/mol. The smallest absolute Gasteiger partial charge is 0.326 e. The molecule has 0 radical (unpaired) electrons. The first-order valence-electron chi connectivity index (χ1n) is 10.2. The highest BCUT2D eigenvalue weighted by Gasteiger charge is 2.39. The zero-order valence-electron chi connectivity index (χ0n) is 18.1. The minimum atomic E-state index is -1.19. The number of carbonyl (C=O) groups is 5. The molecule has 1 saturated heterocycles. The zero-order chi connectivity index (χ0) is 23.7. The first kappa shape index (κ1) is 26.7. The summed E-state index contributed by atoms with van der Waals surface area (Å²) in [4.78, 5) is 61.9. The molecule has 4 unspecified atom stereocenters. The number of carboxylic acids is 1. The van der Waals surface area contributed by atoms with Crippen molar-refractivity contribution in [1.82, 2.24) is 15.5 Å². The van der Waals surface area contributed by atoms with Gasteiger partial charge in [0.05, 0.1) is 12.5 Å². The maximum Gasteiger partial charge on any atom is 0.326 e. The maximum atomic E-state index is 13.0. The summed E-state index contributed by atoms with van der Waals surface area (Å²) in [5.41, 5.74) is 10.7. The quantitative estimate of drug-likeness (QED) is 0.237. The van der Waals surface area contributed by atoms with Crippen molar-refractivity contribution >= 4 is 41.4 Å². The molecule has 0 saturated carbocycles. The van der Waals surface area contributed by atoms with E-state index in [0.29, 0.717) is 25.1 Å². The molecule has 1 aliphatic heterocycles. The van der Waals surface area contributed by atoms with Crippen LogP contribution in [0.1, 0.15) is 39.5 Å². The molecule has 11 nitrogen and oxygen atoms in total. The molecule has 1 aliphatic rings. The Morgan fingerprint density at radius 1 is 1.16 bits per heavy atom. The molecule has 0 aromatic rings. The number of hydrogen-bond acceptors (Lipinski definition) is 7. The van der Waals surface area contributed by atoms with E-state index in [2.05, 4.69) is 10.6 Å². The lowest BCUT2D eigenvalue weighted by Gasteiger charge is -2.30. The second kappa shape index (κ2) is 12.5. The second-order valence-corrected chi connectivity index (χ2v) is 8.86. The van der Waals surface area contributed by atoms with Crippen LogP contribution in [0.3, 0.4) is 0 Å². The van der Waals surface area contributed by atoms with Crippen LogP contribution in [-0.4, -0.2) is 82.3 Å². The number of hydrogen-bond donors (Lipinski definition) is 5. The topological polar surface area (TPSA) is 185 Å². The van der Waals surface area contributed by atoms with Gasteiger partial charge in [-0.15, -0.1) is 0 Å². The van der Waals surface area contributed by atoms with Crippen LogP contribution in [0, 0.1) is 5.92 Å². The van der Waals surface area contributed by atoms with Crippen molar-refractivity contribution in [2.45, 2.75) is 63.7 Å². The molecule has 0 spiro atoms. The largest absolute Gasteiger partial charge is 0.480 e. The average molecular weight is 460 g/mol. The van der Waals surface area contributed by atoms with E-state index in [0.717, 1.165) is 0 Å². The van der Waals surface area contributed by atoms with Crippen molar-refractivity contribution in [3.05, 3.63) is 0 Å². The third-order valence-electron chi connectivity index (χ3n) is 5.05. The van der Waals surface area contributed by atoms with Gasteiger partial charge in [0.1, 0.15) is 18.1 Å². The number of nitrogens with zero attached hydrogens (tertiary/aromatic N) is 1. The Balaban J connectivity index is 2.93. The molecule has 4 amide bonds. The van der Waals surface area contributed by atoms with Crippen LogP contribution in [0.4, 0.5) is 0 Å². The van der Waals surface area contributed by atoms with Crippen molar-refractivity contribution in [3.8, 4) is 0 Å². The molecule has 7 N–H and O–H groups in total. The number of carbonyl (C=O) groups excluding carboxylic acids is 4. The Morgan fingerprint density at radius 2 is 1.81 bits per heavy atom. The standard InChI is InChI=1S/C19H33N5O6S/c1-10(2)15(18(28)24-7-4-5-13(24)19(29)30)23-17(27)12(6-8-31-3)22-16(26)11(20)9-14(21)25/h10-13,15H,4-9,20H2,1-3H3,(H2,21,25)(H,22,26)(H,23,27)(H,29,30). The van der Waals surface area contributed by atoms with Gasteiger partial charge in [-0.05, 0) is 37.2 Å². The molecule has 31 heavy (non-hydrogen) atoms. The van der Waals surface area contributed by atoms with E-state index in [1.807, 2.05) is 6.26 Å². The van der Waals surface area contributed by atoms with Crippen LogP contribution < -0.4 is 22.1 Å². The van der Waals surface area contributed by atoms with Gasteiger partial charge in [-0.2, -0.15) is 11.8 Å². The molecule has 12 heteroatoms. The Kier molecular flexibility index (Phi) is 10.8. The van der Waals surface area contributed by atoms with Crippen LogP contribution in [-0.2, 0) is 24.0 Å². The molecule has 176 valence electrons. The van der Waals surface area contributed by atoms with Gasteiger partial charge in [-0.3, -0.25) is 19.2 Å². The summed E-state index contributed by atoms with van der Waals surface area (Å²) in [6, 6.07) is -4.02. The third-order valence-corrected chi connectivity index (χ3v) is 5.70. The number of primary amides is 1. The fraction of sp³-hybridized carbons (Fsp3) is 0.737. The van der Waals surface area contributed by atoms with Crippen molar-refractivity contribution < 1.29 is 29.1 Å². The van der Waals surface area contributed by atoms with Gasteiger partial charge >= 0.3 is 5.97 Å². The van der Waals surface area contributed by atoms with Gasteiger partial charge in [-0.25, -0.2) is 4.79 Å². The summed E-state index contributed by atoms with van der Waals surface area (Å²) >= 11 is 1.47. The second-order valence-electron chi connectivity index (χ2n) is 7.88. The van der Waals surface area contributed by atoms with Crippen LogP contribution in [0.25, 0.3) is 0 Å². The minimum Gasteiger partial charge on any atom is -0.480 e. The van der Waals surface area contributed by atoms with E-state index >= 15 is 0 Å². The number of amides is 4. The van der Waals surface area contributed by atoms with E-state index in [1.54, 1.807) is 13.8 Å². The molecule has 1 rings (SSSR count). The number of nitrogens with two attached hydrogens (primary N) is 2. The van der Waals surface area contributed by atoms with Crippen LogP contribution in [0.15, 0.2) is 0 Å². The Hall–Kier alpha value is -2.34. The molecule has 1 heterocycles. The lowest BCUT2D eigenvalue weighted by molar-refractivity contribution is -0.150. The summed E-state index contributed by atoms with van der Waals surface area (Å²) in [6.07, 6.45) is 2.70. The predicted molar refractivity (Wildman–Crippen MR) is 116 cm³/mol. The third kappa shape index (κ3) is 8.02. The minimum absolute atomic E-state index is 0.280. The van der Waals surface area contributed by atoms with Crippen LogP contribution >= 0.6 is 11.8 Å². The van der Waals surface area contributed by atoms with E-state index in [1.165, 1.54) is 16.7 Å². The van der Waals surface area contributed by atoms with Crippen LogP contribution in [0.5, 0.6) is 0 Å². The SMILES string of the molecule is CSCCC(NC(=O)C(N)CC(N)=O)C(=O)NC(C(=O)N1CCCC1C(=O)O)C(C)C. The fourth-order valence-electron chi connectivity index (χ4n) is 3.33. The van der Waals surface area contributed by atoms with Gasteiger partial charge < -0.3 is 32.1 Å². The van der Waals surface area contributed by atoms with Crippen LogP contribution in [0.2, 0.25) is 0 Å². The monoisotopic (exact) mass is 459 g/mol. The summed E-state index contributed by atoms with van der Waals surface area (Å²) < 4.78 is 0. The predicted octanol–water partition coefficient (Wildman–Crippen LogP) is -1.36. The average Bonchev–Trinajstić information content (AvgIpc) is 3.17. The number of thioether (sulfide) groups is 1. The fourth-order valence-corrected chi connectivity index (χ4v) is 3.80. The highest BCUT2D eigenvalue weighted by atomic mass is 32.2. The zero-order valence-corrected chi connectivity index (χ0v) is 18.9. The molecular formula is C19H33N5O6S. The Bertz CT molecular complexity index is 689. The summed E-state index contributed by atoms with van der Waals surface area (Å²) in [7, 11) is 0. The number of nitrogens with one attached hydrogen (secondary N) is 2. The molecule has 4 atom stereocenters. The number of aliphatic carboxylic acids is 1. The normalized spacial score (nSPS) is 18.9. The Labute approximate surface area is 186 Å². The summed E-state index contributed by atoms with van der Waals surface area (Å²) in [5, 5.41) is 14.5. The highest BCUT2D eigenvalue weighted by Crippen LogP contribution is 2.20. The molecule has 0 aromatic heterocycles. The van der Waals surface area contributed by atoms with Gasteiger partial charge in [0.15, 0.2) is 0 Å². The van der Waals surface area contributed by atoms with Crippen molar-refractivity contribution in [2.24, 2.45) is 17.4 Å². The summed E-state index contributed by atoms with van der Waals surface area (Å²) in [5.74, 6) is -3.30. The summed E-state index contributed by atoms with van der Waals surface area (Å²) in [6.45, 7) is 3.80. The van der Waals surface area contributed by atoms with Gasteiger partial charge in [0, 0.05) is 6.54 Å². The van der Waals surface area contributed by atoms with E-state index in [9.17, 15) is 29.1 Å².